The van der Waals surface area contributed by atoms with Crippen molar-refractivity contribution in [3.63, 3.8) is 0 Å². The highest BCUT2D eigenvalue weighted by Gasteiger charge is 2.17. The van der Waals surface area contributed by atoms with Crippen LogP contribution in [-0.4, -0.2) is 20.9 Å². The number of amides is 1. The zero-order chi connectivity index (χ0) is 15.5. The van der Waals surface area contributed by atoms with Crippen molar-refractivity contribution in [2.45, 2.75) is 16.7 Å². The highest BCUT2D eigenvalue weighted by molar-refractivity contribution is 7.91. The van der Waals surface area contributed by atoms with Gasteiger partial charge in [0.15, 0.2) is 0 Å². The van der Waals surface area contributed by atoms with Gasteiger partial charge in [0.05, 0.1) is 9.79 Å². The van der Waals surface area contributed by atoms with Gasteiger partial charge in [0.1, 0.15) is 0 Å². The summed E-state index contributed by atoms with van der Waals surface area (Å²) in [5.41, 5.74) is 1.18. The molecule has 0 unspecified atom stereocenters. The van der Waals surface area contributed by atoms with Crippen LogP contribution in [-0.2, 0) is 9.84 Å². The van der Waals surface area contributed by atoms with E-state index in [1.165, 1.54) is 36.4 Å². The summed E-state index contributed by atoms with van der Waals surface area (Å²) in [7, 11) is -3.57. The maximum Gasteiger partial charge on any atom is 0.251 e. The number of hydrogen-bond donors (Lipinski definition) is 1. The molecule has 5 heteroatoms. The Balaban J connectivity index is 2.33. The molecule has 0 saturated heterocycles. The number of carbonyl (C=O) groups is 1. The quantitative estimate of drug-likeness (QED) is 0.943. The average molecular weight is 302 g/mol. The van der Waals surface area contributed by atoms with Gasteiger partial charge in [-0.05, 0) is 55.8 Å². The second-order valence-corrected chi connectivity index (χ2v) is 6.48. The smallest absolute Gasteiger partial charge is 0.251 e. The number of hydrogen-bond acceptors (Lipinski definition) is 3. The Hall–Kier alpha value is -2.14. The maximum atomic E-state index is 12.4. The lowest BCUT2D eigenvalue weighted by Crippen LogP contribution is -2.22. The van der Waals surface area contributed by atoms with Gasteiger partial charge < -0.3 is 5.32 Å². The molecule has 0 atom stereocenters. The molecule has 0 heterocycles. The first-order valence-corrected chi connectivity index (χ1v) is 7.99. The Kier molecular flexibility index (Phi) is 4.43. The summed E-state index contributed by atoms with van der Waals surface area (Å²) in [6.45, 7) is 6.07. The van der Waals surface area contributed by atoms with Gasteiger partial charge in [0, 0.05) is 12.1 Å². The van der Waals surface area contributed by atoms with Crippen molar-refractivity contribution in [3.05, 3.63) is 66.6 Å². The molecule has 2 rings (SSSR count). The van der Waals surface area contributed by atoms with Crippen LogP contribution in [0.2, 0.25) is 0 Å². The van der Waals surface area contributed by atoms with Crippen LogP contribution >= 0.6 is 0 Å². The van der Waals surface area contributed by atoms with E-state index >= 15 is 0 Å². The second-order valence-electron chi connectivity index (χ2n) is 4.53. The highest BCUT2D eigenvalue weighted by Crippen LogP contribution is 2.21. The fourth-order valence-electron chi connectivity index (χ4n) is 1.85. The predicted octanol–water partition coefficient (Wildman–Crippen LogP) is 2.45. The predicted molar refractivity (Wildman–Crippen MR) is 80.8 cm³/mol. The van der Waals surface area contributed by atoms with E-state index in [-0.39, 0.29) is 15.7 Å². The van der Waals surface area contributed by atoms with Crippen LogP contribution in [0.15, 0.2) is 58.3 Å². The van der Waals surface area contributed by atoms with E-state index in [4.69, 9.17) is 0 Å². The van der Waals surface area contributed by atoms with Gasteiger partial charge in [-0.2, -0.15) is 0 Å². The standard InChI is InChI=1S/C16H16NO3S/c1-3-17-16(18)13-6-10-15(11-7-13)21(19,20)14-8-4-12(2)5-9-14/h4-11H,2-3H2,1H3,(H,17,18). The van der Waals surface area contributed by atoms with Gasteiger partial charge in [0.2, 0.25) is 9.84 Å². The van der Waals surface area contributed by atoms with Crippen molar-refractivity contribution < 1.29 is 13.2 Å². The van der Waals surface area contributed by atoms with E-state index in [9.17, 15) is 13.2 Å². The molecule has 0 aromatic heterocycles. The van der Waals surface area contributed by atoms with Crippen LogP contribution in [0.1, 0.15) is 22.8 Å². The normalized spacial score (nSPS) is 11.1. The van der Waals surface area contributed by atoms with E-state index in [1.54, 1.807) is 12.1 Å². The Morgan fingerprint density at radius 3 is 1.95 bits per heavy atom. The van der Waals surface area contributed by atoms with Gasteiger partial charge in [0.25, 0.3) is 5.91 Å². The van der Waals surface area contributed by atoms with Crippen LogP contribution < -0.4 is 5.32 Å². The molecule has 0 spiro atoms. The molecule has 0 aliphatic rings. The summed E-state index contributed by atoms with van der Waals surface area (Å²) < 4.78 is 24.9. The molecule has 0 aliphatic carbocycles. The third kappa shape index (κ3) is 3.31. The fraction of sp³-hybridized carbons (Fsp3) is 0.125. The number of nitrogens with one attached hydrogen (secondary N) is 1. The Bertz CT molecular complexity index is 732. The molecule has 109 valence electrons. The zero-order valence-corrected chi connectivity index (χ0v) is 12.5. The number of sulfone groups is 1. The van der Waals surface area contributed by atoms with E-state index in [0.29, 0.717) is 12.1 Å². The number of benzene rings is 2. The van der Waals surface area contributed by atoms with Crippen LogP contribution in [0, 0.1) is 6.92 Å². The third-order valence-electron chi connectivity index (χ3n) is 3.00. The number of carbonyl (C=O) groups excluding carboxylic acids is 1. The molecular formula is C16H16NO3S. The monoisotopic (exact) mass is 302 g/mol. The van der Waals surface area contributed by atoms with Crippen molar-refractivity contribution in [2.75, 3.05) is 6.54 Å². The SMILES string of the molecule is [CH2]c1ccc(S(=O)(=O)c2ccc(C(=O)NCC)cc2)cc1. The summed E-state index contributed by atoms with van der Waals surface area (Å²) in [4.78, 5) is 12.0. The zero-order valence-electron chi connectivity index (χ0n) is 11.7. The minimum absolute atomic E-state index is 0.160. The van der Waals surface area contributed by atoms with E-state index < -0.39 is 9.84 Å². The summed E-state index contributed by atoms with van der Waals surface area (Å²) >= 11 is 0. The third-order valence-corrected chi connectivity index (χ3v) is 4.78. The van der Waals surface area contributed by atoms with Gasteiger partial charge in [-0.3, -0.25) is 4.79 Å². The first-order valence-electron chi connectivity index (χ1n) is 6.50. The average Bonchev–Trinajstić information content (AvgIpc) is 2.48. The van der Waals surface area contributed by atoms with Crippen molar-refractivity contribution in [1.82, 2.24) is 5.32 Å². The van der Waals surface area contributed by atoms with E-state index in [2.05, 4.69) is 12.2 Å². The Labute approximate surface area is 124 Å². The van der Waals surface area contributed by atoms with Crippen LogP contribution in [0.3, 0.4) is 0 Å². The van der Waals surface area contributed by atoms with E-state index in [1.807, 2.05) is 6.92 Å². The van der Waals surface area contributed by atoms with Crippen molar-refractivity contribution in [3.8, 4) is 0 Å². The minimum Gasteiger partial charge on any atom is -0.352 e. The topological polar surface area (TPSA) is 63.2 Å². The molecule has 0 bridgehead atoms. The molecule has 0 saturated carbocycles. The van der Waals surface area contributed by atoms with Gasteiger partial charge in [-0.15, -0.1) is 0 Å². The second kappa shape index (κ2) is 6.10. The molecular weight excluding hydrogens is 286 g/mol. The van der Waals surface area contributed by atoms with Gasteiger partial charge in [-0.1, -0.05) is 12.1 Å². The number of rotatable bonds is 4. The molecule has 1 amide bonds. The summed E-state index contributed by atoms with van der Waals surface area (Å²) in [6.07, 6.45) is 0. The van der Waals surface area contributed by atoms with Gasteiger partial charge >= 0.3 is 0 Å². The summed E-state index contributed by atoms with van der Waals surface area (Å²) in [5, 5.41) is 2.66. The maximum absolute atomic E-state index is 12.4. The van der Waals surface area contributed by atoms with Crippen molar-refractivity contribution >= 4 is 15.7 Å². The molecule has 21 heavy (non-hydrogen) atoms. The Morgan fingerprint density at radius 2 is 1.48 bits per heavy atom. The van der Waals surface area contributed by atoms with Crippen LogP contribution in [0.4, 0.5) is 0 Å². The first-order chi connectivity index (χ1) is 9.95. The highest BCUT2D eigenvalue weighted by atomic mass is 32.2. The van der Waals surface area contributed by atoms with Crippen molar-refractivity contribution in [1.29, 1.82) is 0 Å². The lowest BCUT2D eigenvalue weighted by Gasteiger charge is -2.06. The summed E-state index contributed by atoms with van der Waals surface area (Å²) in [5.74, 6) is -0.220. The molecule has 4 nitrogen and oxygen atoms in total. The fourth-order valence-corrected chi connectivity index (χ4v) is 3.11. The lowest BCUT2D eigenvalue weighted by atomic mass is 10.2. The van der Waals surface area contributed by atoms with Crippen molar-refractivity contribution in [2.24, 2.45) is 0 Å². The lowest BCUT2D eigenvalue weighted by molar-refractivity contribution is 0.0955. The molecule has 0 fully saturated rings. The minimum atomic E-state index is -3.57. The first kappa shape index (κ1) is 15.3. The van der Waals surface area contributed by atoms with Crippen LogP contribution in [0.25, 0.3) is 0 Å². The van der Waals surface area contributed by atoms with Crippen LogP contribution in [0.5, 0.6) is 0 Å². The summed E-state index contributed by atoms with van der Waals surface area (Å²) in [6, 6.07) is 12.2. The molecule has 2 aromatic rings. The Morgan fingerprint density at radius 1 is 1.00 bits per heavy atom. The molecule has 0 aliphatic heterocycles. The molecule has 1 N–H and O–H groups in total. The largest absolute Gasteiger partial charge is 0.352 e. The molecule has 1 radical (unpaired) electrons. The van der Waals surface area contributed by atoms with E-state index in [0.717, 1.165) is 5.56 Å². The van der Waals surface area contributed by atoms with Gasteiger partial charge in [-0.25, -0.2) is 8.42 Å². The molecule has 2 aromatic carbocycles.